The maximum absolute atomic E-state index is 14.0. The molecule has 0 aliphatic carbocycles. The van der Waals surface area contributed by atoms with Crippen LogP contribution in [0.2, 0.25) is 0 Å². The van der Waals surface area contributed by atoms with Gasteiger partial charge in [0.15, 0.2) is 5.01 Å². The number of rotatable bonds is 6. The molecule has 11 nitrogen and oxygen atoms in total. The second kappa shape index (κ2) is 12.2. The van der Waals surface area contributed by atoms with Gasteiger partial charge in [-0.1, -0.05) is 32.9 Å². The number of nitrogens with zero attached hydrogens (tertiary/aromatic N) is 4. The summed E-state index contributed by atoms with van der Waals surface area (Å²) in [6.07, 6.45) is 1.70. The number of nitrogens with one attached hydrogen (secondary N) is 1. The molecule has 3 fully saturated rings. The number of anilines is 1. The molecule has 3 saturated heterocycles. The number of carbonyl (C=O) groups excluding carboxylic acids is 5. The Morgan fingerprint density at radius 3 is 2.51 bits per heavy atom. The smallest absolute Gasteiger partial charge is 0.338 e. The monoisotopic (exact) mass is 631 g/mol. The van der Waals surface area contributed by atoms with Crippen molar-refractivity contribution in [3.8, 4) is 0 Å². The number of esters is 1. The number of thiazole rings is 1. The molecule has 3 aromatic rings. The van der Waals surface area contributed by atoms with Crippen molar-refractivity contribution in [2.75, 3.05) is 25.0 Å². The van der Waals surface area contributed by atoms with Crippen LogP contribution in [-0.2, 0) is 14.3 Å². The molecule has 3 aliphatic heterocycles. The molecular weight excluding hydrogens is 594 g/mol. The highest BCUT2D eigenvalue weighted by molar-refractivity contribution is 7.20. The number of likely N-dealkylation sites (tertiary alicyclic amines) is 3. The summed E-state index contributed by atoms with van der Waals surface area (Å²) in [5.41, 5.74) is 2.75. The van der Waals surface area contributed by atoms with Crippen molar-refractivity contribution in [2.24, 2.45) is 5.92 Å². The van der Waals surface area contributed by atoms with Gasteiger partial charge in [0, 0.05) is 18.8 Å². The molecule has 1 N–H and O–H groups in total. The minimum absolute atomic E-state index is 0.150. The van der Waals surface area contributed by atoms with Crippen molar-refractivity contribution in [1.29, 1.82) is 0 Å². The molecule has 4 heterocycles. The predicted molar refractivity (Wildman–Crippen MR) is 169 cm³/mol. The number of amides is 5. The average Bonchev–Trinajstić information content (AvgIpc) is 3.82. The third-order valence-electron chi connectivity index (χ3n) is 9.10. The van der Waals surface area contributed by atoms with Crippen molar-refractivity contribution in [3.63, 3.8) is 0 Å². The third kappa shape index (κ3) is 5.56. The Kier molecular flexibility index (Phi) is 8.34. The molecule has 0 radical (unpaired) electrons. The standard InChI is InChI=1S/C33H37N5O6S/c1-5-44-32(42)21-10-13-23-26(17-21)45-28(35-23)31(41)38-24-14-16-37(27(24)19(4)29(38)39)30(40)25-7-6-15-36(25)33(43)34-22-11-8-20(9-12-22)18(2)3/h8-13,17-19,24-25,27H,5-7,14-16H2,1-4H3,(H,34,43)/t19-,24-,25-,27+/m0/s1. The van der Waals surface area contributed by atoms with E-state index in [1.54, 1.807) is 41.8 Å². The van der Waals surface area contributed by atoms with Gasteiger partial charge in [0.05, 0.1) is 40.4 Å². The lowest BCUT2D eigenvalue weighted by atomic mass is 10.0. The van der Waals surface area contributed by atoms with Crippen LogP contribution in [-0.4, -0.2) is 87.2 Å². The summed E-state index contributed by atoms with van der Waals surface area (Å²) in [5.74, 6) is -1.70. The number of hydrogen-bond donors (Lipinski definition) is 1. The van der Waals surface area contributed by atoms with E-state index in [1.807, 2.05) is 24.3 Å². The predicted octanol–water partition coefficient (Wildman–Crippen LogP) is 4.88. The molecule has 236 valence electrons. The van der Waals surface area contributed by atoms with Crippen molar-refractivity contribution in [3.05, 3.63) is 58.6 Å². The van der Waals surface area contributed by atoms with Gasteiger partial charge < -0.3 is 19.9 Å². The van der Waals surface area contributed by atoms with Crippen LogP contribution >= 0.6 is 11.3 Å². The number of ether oxygens (including phenoxy) is 1. The lowest BCUT2D eigenvalue weighted by molar-refractivity contribution is -0.137. The molecule has 12 heteroatoms. The Hall–Kier alpha value is -4.32. The Morgan fingerprint density at radius 1 is 1.04 bits per heavy atom. The molecule has 4 atom stereocenters. The first-order valence-corrected chi connectivity index (χ1v) is 16.3. The molecular formula is C33H37N5O6S. The van der Waals surface area contributed by atoms with Gasteiger partial charge in [-0.05, 0) is 68.0 Å². The summed E-state index contributed by atoms with van der Waals surface area (Å²) in [6.45, 7) is 8.80. The van der Waals surface area contributed by atoms with Crippen molar-refractivity contribution < 1.29 is 28.7 Å². The number of urea groups is 1. The lowest BCUT2D eigenvalue weighted by Gasteiger charge is -2.32. The van der Waals surface area contributed by atoms with E-state index in [1.165, 1.54) is 10.5 Å². The summed E-state index contributed by atoms with van der Waals surface area (Å²) in [6, 6.07) is 10.7. The molecule has 0 unspecified atom stereocenters. The number of carbonyl (C=O) groups is 5. The van der Waals surface area contributed by atoms with E-state index in [0.717, 1.165) is 11.3 Å². The zero-order chi connectivity index (χ0) is 32.0. The molecule has 0 bridgehead atoms. The Labute approximate surface area is 265 Å². The Morgan fingerprint density at radius 2 is 1.80 bits per heavy atom. The highest BCUT2D eigenvalue weighted by Gasteiger charge is 2.56. The van der Waals surface area contributed by atoms with E-state index in [4.69, 9.17) is 4.74 Å². The highest BCUT2D eigenvalue weighted by atomic mass is 32.1. The van der Waals surface area contributed by atoms with E-state index < -0.39 is 35.9 Å². The largest absolute Gasteiger partial charge is 0.462 e. The van der Waals surface area contributed by atoms with Gasteiger partial charge >= 0.3 is 12.0 Å². The van der Waals surface area contributed by atoms with E-state index in [2.05, 4.69) is 24.1 Å². The zero-order valence-corrected chi connectivity index (χ0v) is 26.6. The lowest BCUT2D eigenvalue weighted by Crippen LogP contribution is -2.52. The van der Waals surface area contributed by atoms with Crippen molar-refractivity contribution in [1.82, 2.24) is 19.7 Å². The SMILES string of the molecule is CCOC(=O)c1ccc2nc(C(=O)N3C(=O)[C@@H](C)[C@@H]4[C@@H]3CCN4C(=O)[C@@H]3CCCN3C(=O)Nc3ccc(C(C)C)cc3)sc2c1. The number of aromatic nitrogens is 1. The minimum atomic E-state index is -0.636. The summed E-state index contributed by atoms with van der Waals surface area (Å²) >= 11 is 1.12. The van der Waals surface area contributed by atoms with Crippen molar-refractivity contribution >= 4 is 57.0 Å². The fraction of sp³-hybridized carbons (Fsp3) is 0.455. The molecule has 2 aromatic carbocycles. The van der Waals surface area contributed by atoms with Crippen LogP contribution in [0.5, 0.6) is 0 Å². The number of imide groups is 1. The van der Waals surface area contributed by atoms with Crippen LogP contribution in [0, 0.1) is 5.92 Å². The minimum Gasteiger partial charge on any atom is -0.462 e. The first-order chi connectivity index (χ1) is 21.6. The number of fused-ring (bicyclic) bond motifs is 2. The second-order valence-electron chi connectivity index (χ2n) is 12.2. The van der Waals surface area contributed by atoms with Gasteiger partial charge in [0.1, 0.15) is 6.04 Å². The fourth-order valence-corrected chi connectivity index (χ4v) is 7.73. The van der Waals surface area contributed by atoms with E-state index in [9.17, 15) is 24.0 Å². The van der Waals surface area contributed by atoms with E-state index in [-0.39, 0.29) is 29.5 Å². The van der Waals surface area contributed by atoms with Gasteiger partial charge in [-0.2, -0.15) is 0 Å². The first-order valence-electron chi connectivity index (χ1n) is 15.5. The fourth-order valence-electron chi connectivity index (χ4n) is 6.79. The summed E-state index contributed by atoms with van der Waals surface area (Å²) in [4.78, 5) is 75.7. The van der Waals surface area contributed by atoms with Gasteiger partial charge in [-0.25, -0.2) is 14.6 Å². The summed E-state index contributed by atoms with van der Waals surface area (Å²) in [7, 11) is 0. The molecule has 6 rings (SSSR count). The van der Waals surface area contributed by atoms with Crippen LogP contribution < -0.4 is 5.32 Å². The van der Waals surface area contributed by atoms with E-state index >= 15 is 0 Å². The van der Waals surface area contributed by atoms with Gasteiger partial charge in [0.25, 0.3) is 5.91 Å². The van der Waals surface area contributed by atoms with Crippen LogP contribution in [0.3, 0.4) is 0 Å². The Balaban J connectivity index is 1.16. The summed E-state index contributed by atoms with van der Waals surface area (Å²) in [5, 5.41) is 3.08. The maximum atomic E-state index is 14.0. The number of benzene rings is 2. The molecule has 5 amide bonds. The second-order valence-corrected chi connectivity index (χ2v) is 13.2. The first kappa shape index (κ1) is 30.7. The quantitative estimate of drug-likeness (QED) is 0.303. The Bertz CT molecular complexity index is 1670. The average molecular weight is 632 g/mol. The number of hydrogen-bond acceptors (Lipinski definition) is 8. The molecule has 3 aliphatic rings. The van der Waals surface area contributed by atoms with Crippen LogP contribution in [0.15, 0.2) is 42.5 Å². The van der Waals surface area contributed by atoms with Crippen LogP contribution in [0.4, 0.5) is 10.5 Å². The van der Waals surface area contributed by atoms with Crippen molar-refractivity contribution in [2.45, 2.75) is 71.0 Å². The topological polar surface area (TPSA) is 129 Å². The van der Waals surface area contributed by atoms with Crippen LogP contribution in [0.25, 0.3) is 10.2 Å². The molecule has 0 spiro atoms. The van der Waals surface area contributed by atoms with Gasteiger partial charge in [-0.15, -0.1) is 11.3 Å². The maximum Gasteiger partial charge on any atom is 0.338 e. The van der Waals surface area contributed by atoms with Gasteiger partial charge in [-0.3, -0.25) is 19.3 Å². The van der Waals surface area contributed by atoms with Crippen LogP contribution in [0.1, 0.15) is 78.6 Å². The zero-order valence-electron chi connectivity index (χ0n) is 25.8. The molecule has 0 saturated carbocycles. The molecule has 45 heavy (non-hydrogen) atoms. The third-order valence-corrected chi connectivity index (χ3v) is 10.1. The van der Waals surface area contributed by atoms with E-state index in [0.29, 0.717) is 59.7 Å². The van der Waals surface area contributed by atoms with Gasteiger partial charge in [0.2, 0.25) is 11.8 Å². The summed E-state index contributed by atoms with van der Waals surface area (Å²) < 4.78 is 5.71. The highest BCUT2D eigenvalue weighted by Crippen LogP contribution is 2.39. The molecule has 1 aromatic heterocycles. The normalized spacial score (nSPS) is 22.8.